The molecule has 116 valence electrons. The first-order chi connectivity index (χ1) is 10.4. The van der Waals surface area contributed by atoms with Crippen LogP contribution in [0.4, 0.5) is 13.2 Å². The molecule has 3 rings (SSSR count). The molecule has 0 nitrogen and oxygen atoms in total. The zero-order chi connectivity index (χ0) is 15.9. The molecule has 1 aromatic carbocycles. The van der Waals surface area contributed by atoms with Crippen LogP contribution in [0.2, 0.25) is 0 Å². The summed E-state index contributed by atoms with van der Waals surface area (Å²) in [4.78, 5) is 0.446. The maximum Gasteiger partial charge on any atom is 0.581 e. The highest BCUT2D eigenvalue weighted by molar-refractivity contribution is 8.07. The number of hydrogen-bond acceptors (Lipinski definition) is 0. The molecule has 2 aliphatic rings. The largest absolute Gasteiger partial charge is 0.581 e. The summed E-state index contributed by atoms with van der Waals surface area (Å²) < 4.78 is 41.5. The molecule has 1 aliphatic heterocycles. The zero-order valence-corrected chi connectivity index (χ0v) is 13.3. The van der Waals surface area contributed by atoms with Gasteiger partial charge in [0.05, 0.1) is 5.92 Å². The number of halogens is 3. The predicted octanol–water partition coefficient (Wildman–Crippen LogP) is 5.32. The van der Waals surface area contributed by atoms with E-state index in [0.717, 1.165) is 5.57 Å². The van der Waals surface area contributed by atoms with Crippen LogP contribution in [0, 0.1) is 11.8 Å². The van der Waals surface area contributed by atoms with Crippen molar-refractivity contribution in [2.24, 2.45) is 11.8 Å². The van der Waals surface area contributed by atoms with E-state index in [0.29, 0.717) is 10.5 Å². The Hall–Kier alpha value is -1.42. The SMILES string of the molecule is CC(C)C1=CC=CC2C=C(c3ccccc3)[S+](C(F)(F)F)C12. The lowest BCUT2D eigenvalue weighted by Gasteiger charge is -2.25. The van der Waals surface area contributed by atoms with Crippen LogP contribution in [-0.4, -0.2) is 10.8 Å². The van der Waals surface area contributed by atoms with Crippen molar-refractivity contribution >= 4 is 15.8 Å². The van der Waals surface area contributed by atoms with Gasteiger partial charge in [0.15, 0.2) is 10.2 Å². The van der Waals surface area contributed by atoms with Gasteiger partial charge in [0, 0.05) is 5.56 Å². The van der Waals surface area contributed by atoms with Crippen LogP contribution in [0.25, 0.3) is 4.91 Å². The minimum Gasteiger partial charge on any atom is -0.122 e. The highest BCUT2D eigenvalue weighted by atomic mass is 32.2. The van der Waals surface area contributed by atoms with Gasteiger partial charge in [0.2, 0.25) is 0 Å². The Bertz CT molecular complexity index is 638. The van der Waals surface area contributed by atoms with E-state index in [4.69, 9.17) is 0 Å². The average Bonchev–Trinajstić information content (AvgIpc) is 2.87. The highest BCUT2D eigenvalue weighted by Crippen LogP contribution is 2.51. The predicted molar refractivity (Wildman–Crippen MR) is 87.2 cm³/mol. The highest BCUT2D eigenvalue weighted by Gasteiger charge is 2.64. The van der Waals surface area contributed by atoms with E-state index in [1.165, 1.54) is 0 Å². The quantitative estimate of drug-likeness (QED) is 0.647. The summed E-state index contributed by atoms with van der Waals surface area (Å²) >= 11 is 0. The van der Waals surface area contributed by atoms with E-state index < -0.39 is 21.7 Å². The Morgan fingerprint density at radius 1 is 1.09 bits per heavy atom. The van der Waals surface area contributed by atoms with Gasteiger partial charge < -0.3 is 0 Å². The first-order valence-electron chi connectivity index (χ1n) is 7.35. The third-order valence-corrected chi connectivity index (χ3v) is 6.55. The van der Waals surface area contributed by atoms with Gasteiger partial charge in [0.25, 0.3) is 0 Å². The third-order valence-electron chi connectivity index (χ3n) is 4.11. The normalized spacial score (nSPS) is 27.6. The smallest absolute Gasteiger partial charge is 0.122 e. The summed E-state index contributed by atoms with van der Waals surface area (Å²) in [7, 11) is -1.76. The van der Waals surface area contributed by atoms with Crippen LogP contribution in [-0.2, 0) is 10.9 Å². The van der Waals surface area contributed by atoms with E-state index in [2.05, 4.69) is 0 Å². The van der Waals surface area contributed by atoms with Crippen molar-refractivity contribution in [1.82, 2.24) is 0 Å². The van der Waals surface area contributed by atoms with E-state index in [1.807, 2.05) is 44.2 Å². The number of fused-ring (bicyclic) bond motifs is 1. The van der Waals surface area contributed by atoms with E-state index >= 15 is 0 Å². The maximum absolute atomic E-state index is 13.8. The van der Waals surface area contributed by atoms with Gasteiger partial charge in [-0.1, -0.05) is 50.3 Å². The molecule has 1 aromatic rings. The summed E-state index contributed by atoms with van der Waals surface area (Å²) in [6.07, 6.45) is 7.50. The summed E-state index contributed by atoms with van der Waals surface area (Å²) in [6.45, 7) is 3.95. The van der Waals surface area contributed by atoms with Gasteiger partial charge in [-0.15, -0.1) is 13.2 Å². The summed E-state index contributed by atoms with van der Waals surface area (Å²) in [5.41, 5.74) is -2.61. The fourth-order valence-corrected chi connectivity index (χ4v) is 5.76. The van der Waals surface area contributed by atoms with Gasteiger partial charge in [-0.3, -0.25) is 0 Å². The standard InChI is InChI=1S/C18H18F3S/c1-12(2)15-10-6-9-14-11-16(13-7-4-3-5-8-13)22(17(14)15)18(19,20)21/h3-12,14,17H,1-2H3/q+1. The summed E-state index contributed by atoms with van der Waals surface area (Å²) in [6, 6.07) is 8.97. The van der Waals surface area contributed by atoms with Crippen LogP contribution >= 0.6 is 0 Å². The van der Waals surface area contributed by atoms with Crippen molar-refractivity contribution < 1.29 is 13.2 Å². The second-order valence-electron chi connectivity index (χ2n) is 5.88. The minimum atomic E-state index is -4.21. The Kier molecular flexibility index (Phi) is 3.98. The van der Waals surface area contributed by atoms with Crippen molar-refractivity contribution in [3.05, 3.63) is 65.8 Å². The van der Waals surface area contributed by atoms with Crippen molar-refractivity contribution in [3.8, 4) is 0 Å². The fraction of sp³-hybridized carbons (Fsp3) is 0.333. The second kappa shape index (κ2) is 5.65. The van der Waals surface area contributed by atoms with Gasteiger partial charge in [-0.05, 0) is 29.7 Å². The second-order valence-corrected chi connectivity index (χ2v) is 7.97. The lowest BCUT2D eigenvalue weighted by atomic mass is 9.87. The molecule has 3 unspecified atom stereocenters. The number of alkyl halides is 3. The average molecular weight is 323 g/mol. The van der Waals surface area contributed by atoms with Crippen LogP contribution < -0.4 is 0 Å². The summed E-state index contributed by atoms with van der Waals surface area (Å²) in [5, 5.41) is -0.472. The number of allylic oxidation sites excluding steroid dienone is 4. The molecule has 0 N–H and O–H groups in total. The molecule has 1 aliphatic carbocycles. The molecular weight excluding hydrogens is 305 g/mol. The Morgan fingerprint density at radius 3 is 2.36 bits per heavy atom. The lowest BCUT2D eigenvalue weighted by molar-refractivity contribution is -0.0363. The van der Waals surface area contributed by atoms with E-state index in [-0.39, 0.29) is 11.8 Å². The molecule has 0 saturated heterocycles. The molecule has 0 saturated carbocycles. The minimum absolute atomic E-state index is 0.123. The zero-order valence-electron chi connectivity index (χ0n) is 12.5. The van der Waals surface area contributed by atoms with Crippen molar-refractivity contribution in [1.29, 1.82) is 0 Å². The molecule has 0 radical (unpaired) electrons. The number of rotatable bonds is 2. The van der Waals surface area contributed by atoms with Gasteiger partial charge >= 0.3 is 5.51 Å². The van der Waals surface area contributed by atoms with Gasteiger partial charge in [0.1, 0.15) is 10.9 Å². The molecule has 0 fully saturated rings. The summed E-state index contributed by atoms with van der Waals surface area (Å²) in [5.74, 6) is -0.0270. The van der Waals surface area contributed by atoms with Crippen molar-refractivity contribution in [2.45, 2.75) is 24.6 Å². The van der Waals surface area contributed by atoms with Crippen LogP contribution in [0.5, 0.6) is 0 Å². The monoisotopic (exact) mass is 323 g/mol. The molecule has 0 aromatic heterocycles. The Labute approximate surface area is 131 Å². The van der Waals surface area contributed by atoms with E-state index in [9.17, 15) is 13.2 Å². The third kappa shape index (κ3) is 2.65. The van der Waals surface area contributed by atoms with Gasteiger partial charge in [-0.2, -0.15) is 0 Å². The Morgan fingerprint density at radius 2 is 1.77 bits per heavy atom. The number of benzene rings is 1. The molecule has 1 heterocycles. The lowest BCUT2D eigenvalue weighted by Crippen LogP contribution is -2.38. The Balaban J connectivity index is 2.09. The molecule has 0 bridgehead atoms. The van der Waals surface area contributed by atoms with Crippen molar-refractivity contribution in [3.63, 3.8) is 0 Å². The molecular formula is C18H18F3S+. The van der Waals surface area contributed by atoms with Crippen LogP contribution in [0.15, 0.2) is 60.2 Å². The van der Waals surface area contributed by atoms with Crippen molar-refractivity contribution in [2.75, 3.05) is 0 Å². The molecule has 4 heteroatoms. The molecule has 22 heavy (non-hydrogen) atoms. The molecule has 0 amide bonds. The first kappa shape index (κ1) is 15.5. The van der Waals surface area contributed by atoms with Gasteiger partial charge in [-0.25, -0.2) is 0 Å². The number of hydrogen-bond donors (Lipinski definition) is 0. The topological polar surface area (TPSA) is 0 Å². The van der Waals surface area contributed by atoms with Crippen LogP contribution in [0.3, 0.4) is 0 Å². The van der Waals surface area contributed by atoms with E-state index in [1.54, 1.807) is 24.3 Å². The van der Waals surface area contributed by atoms with Crippen LogP contribution in [0.1, 0.15) is 19.4 Å². The molecule has 3 atom stereocenters. The fourth-order valence-electron chi connectivity index (χ4n) is 3.15. The first-order valence-corrected chi connectivity index (χ1v) is 8.64. The maximum atomic E-state index is 13.8. The molecule has 0 spiro atoms.